The number of hydrogen-bond acceptors (Lipinski definition) is 7. The molecule has 104 valence electrons. The Kier molecular flexibility index (Phi) is 3.93. The van der Waals surface area contributed by atoms with Gasteiger partial charge >= 0.3 is 0 Å². The molecule has 0 aromatic rings. The fourth-order valence-corrected chi connectivity index (χ4v) is 2.11. The van der Waals surface area contributed by atoms with Crippen molar-refractivity contribution in [3.8, 4) is 0 Å². The van der Waals surface area contributed by atoms with Gasteiger partial charge in [-0.15, -0.1) is 0 Å². The van der Waals surface area contributed by atoms with Crippen molar-refractivity contribution in [2.24, 2.45) is 0 Å². The Bertz CT molecular complexity index is 451. The van der Waals surface area contributed by atoms with Gasteiger partial charge in [-0.3, -0.25) is 9.59 Å². The van der Waals surface area contributed by atoms with E-state index < -0.39 is 48.7 Å². The lowest BCUT2D eigenvalue weighted by Gasteiger charge is -2.40. The fourth-order valence-electron chi connectivity index (χ4n) is 2.11. The van der Waals surface area contributed by atoms with Crippen LogP contribution in [0.25, 0.3) is 0 Å². The molecule has 1 saturated heterocycles. The molecule has 0 saturated carbocycles. The zero-order valence-corrected chi connectivity index (χ0v) is 9.84. The van der Waals surface area contributed by atoms with Crippen LogP contribution < -0.4 is 0 Å². The topological polar surface area (TPSA) is 124 Å². The van der Waals surface area contributed by atoms with Gasteiger partial charge in [0.1, 0.15) is 30.5 Å². The molecule has 0 aromatic heterocycles. The molecule has 2 aliphatic rings. The highest BCUT2D eigenvalue weighted by molar-refractivity contribution is 6.17. The summed E-state index contributed by atoms with van der Waals surface area (Å²) in [4.78, 5) is 22.9. The maximum atomic E-state index is 11.7. The minimum atomic E-state index is -1.58. The summed E-state index contributed by atoms with van der Waals surface area (Å²) < 4.78 is 5.20. The van der Waals surface area contributed by atoms with Gasteiger partial charge in [0.05, 0.1) is 6.61 Å². The molecule has 1 aliphatic carbocycles. The molecule has 0 spiro atoms. The molecule has 19 heavy (non-hydrogen) atoms. The second-order valence-corrected chi connectivity index (χ2v) is 4.45. The van der Waals surface area contributed by atoms with Crippen LogP contribution in [0.3, 0.4) is 0 Å². The van der Waals surface area contributed by atoms with Crippen LogP contribution in [0.2, 0.25) is 0 Å². The first-order valence-electron chi connectivity index (χ1n) is 5.74. The molecule has 1 aliphatic heterocycles. The summed E-state index contributed by atoms with van der Waals surface area (Å²) in [7, 11) is 0. The van der Waals surface area contributed by atoms with Gasteiger partial charge in [-0.25, -0.2) is 0 Å². The number of ether oxygens (including phenoxy) is 1. The summed E-state index contributed by atoms with van der Waals surface area (Å²) in [6.45, 7) is -0.591. The van der Waals surface area contributed by atoms with Gasteiger partial charge in [0.15, 0.2) is 11.6 Å². The maximum Gasteiger partial charge on any atom is 0.184 e. The average Bonchev–Trinajstić information content (AvgIpc) is 2.40. The first kappa shape index (κ1) is 14.0. The summed E-state index contributed by atoms with van der Waals surface area (Å²) in [5, 5.41) is 38.1. The lowest BCUT2D eigenvalue weighted by molar-refractivity contribution is -0.219. The second kappa shape index (κ2) is 5.32. The monoisotopic (exact) mass is 270 g/mol. The van der Waals surface area contributed by atoms with Crippen LogP contribution in [0, 0.1) is 0 Å². The molecule has 0 amide bonds. The number of rotatable bonds is 2. The van der Waals surface area contributed by atoms with Crippen LogP contribution in [-0.2, 0) is 14.3 Å². The van der Waals surface area contributed by atoms with Crippen molar-refractivity contribution in [2.75, 3.05) is 6.61 Å². The van der Waals surface area contributed by atoms with Crippen molar-refractivity contribution >= 4 is 11.6 Å². The lowest BCUT2D eigenvalue weighted by Crippen LogP contribution is -2.59. The number of allylic oxidation sites excluding steroid dienone is 3. The molecule has 4 N–H and O–H groups in total. The van der Waals surface area contributed by atoms with E-state index in [1.807, 2.05) is 0 Å². The number of ketones is 2. The number of aliphatic hydroxyl groups is 4. The standard InChI is InChI=1S/C12H14O7/c13-4-8-9(16)10(17)11(18)12(19-8)6-3-5(14)1-2-7(6)15/h1-3,8-13,16-18H,4H2/t8-,9-,10+,11-,12+/m1/s1. The van der Waals surface area contributed by atoms with Gasteiger partial charge in [-0.05, 0) is 18.2 Å². The van der Waals surface area contributed by atoms with Crippen molar-refractivity contribution in [3.63, 3.8) is 0 Å². The molecule has 0 radical (unpaired) electrons. The number of carbonyl (C=O) groups is 2. The normalized spacial score (nSPS) is 39.4. The average molecular weight is 270 g/mol. The third-order valence-corrected chi connectivity index (χ3v) is 3.18. The van der Waals surface area contributed by atoms with E-state index in [9.17, 15) is 24.9 Å². The van der Waals surface area contributed by atoms with E-state index in [0.29, 0.717) is 0 Å². The predicted octanol–water partition coefficient (Wildman–Crippen LogP) is -2.54. The maximum absolute atomic E-state index is 11.7. The molecule has 5 atom stereocenters. The predicted molar refractivity (Wildman–Crippen MR) is 61.0 cm³/mol. The highest BCUT2D eigenvalue weighted by Crippen LogP contribution is 2.27. The van der Waals surface area contributed by atoms with Crippen molar-refractivity contribution in [3.05, 3.63) is 23.8 Å². The third-order valence-electron chi connectivity index (χ3n) is 3.18. The SMILES string of the molecule is O=C1C=CC(=O)C([C@@H]2O[C@H](CO)[C@@H](O)[C@H](O)[C@H]2O)=C1. The van der Waals surface area contributed by atoms with Gasteiger partial charge in [0, 0.05) is 5.57 Å². The molecule has 7 nitrogen and oxygen atoms in total. The largest absolute Gasteiger partial charge is 0.394 e. The van der Waals surface area contributed by atoms with Gasteiger partial charge < -0.3 is 25.2 Å². The molecular weight excluding hydrogens is 256 g/mol. The Labute approximate surface area is 108 Å². The Morgan fingerprint density at radius 3 is 2.37 bits per heavy atom. The van der Waals surface area contributed by atoms with Gasteiger partial charge in [0.25, 0.3) is 0 Å². The summed E-state index contributed by atoms with van der Waals surface area (Å²) in [6, 6.07) is 0. The molecule has 0 unspecified atom stereocenters. The number of carbonyl (C=O) groups excluding carboxylic acids is 2. The second-order valence-electron chi connectivity index (χ2n) is 4.45. The van der Waals surface area contributed by atoms with Gasteiger partial charge in [0.2, 0.25) is 0 Å². The van der Waals surface area contributed by atoms with Crippen LogP contribution in [0.15, 0.2) is 23.8 Å². The van der Waals surface area contributed by atoms with Crippen LogP contribution in [0.4, 0.5) is 0 Å². The van der Waals surface area contributed by atoms with Gasteiger partial charge in [-0.1, -0.05) is 0 Å². The minimum Gasteiger partial charge on any atom is -0.394 e. The Balaban J connectivity index is 2.28. The third kappa shape index (κ3) is 2.51. The summed E-state index contributed by atoms with van der Waals surface area (Å²) in [5.74, 6) is -0.963. The quantitative estimate of drug-likeness (QED) is 0.408. The Morgan fingerprint density at radius 2 is 1.74 bits per heavy atom. The van der Waals surface area contributed by atoms with Crippen LogP contribution >= 0.6 is 0 Å². The number of aliphatic hydroxyl groups excluding tert-OH is 4. The smallest absolute Gasteiger partial charge is 0.184 e. The van der Waals surface area contributed by atoms with Crippen LogP contribution in [0.5, 0.6) is 0 Å². The molecular formula is C12H14O7. The van der Waals surface area contributed by atoms with E-state index in [4.69, 9.17) is 9.84 Å². The first-order chi connectivity index (χ1) is 8.95. The molecule has 7 heteroatoms. The van der Waals surface area contributed by atoms with E-state index in [-0.39, 0.29) is 5.57 Å². The number of hydrogen-bond donors (Lipinski definition) is 4. The van der Waals surface area contributed by atoms with E-state index in [0.717, 1.165) is 18.2 Å². The van der Waals surface area contributed by atoms with Crippen molar-refractivity contribution in [1.29, 1.82) is 0 Å². The van der Waals surface area contributed by atoms with Crippen molar-refractivity contribution in [2.45, 2.75) is 30.5 Å². The van der Waals surface area contributed by atoms with E-state index in [1.165, 1.54) is 0 Å². The molecule has 0 aromatic carbocycles. The van der Waals surface area contributed by atoms with Crippen LogP contribution in [-0.4, -0.2) is 69.1 Å². The molecule has 1 heterocycles. The van der Waals surface area contributed by atoms with E-state index in [1.54, 1.807) is 0 Å². The highest BCUT2D eigenvalue weighted by Gasteiger charge is 2.46. The Morgan fingerprint density at radius 1 is 1.05 bits per heavy atom. The van der Waals surface area contributed by atoms with Crippen molar-refractivity contribution in [1.82, 2.24) is 0 Å². The van der Waals surface area contributed by atoms with Crippen molar-refractivity contribution < 1.29 is 34.8 Å². The fraction of sp³-hybridized carbons (Fsp3) is 0.500. The van der Waals surface area contributed by atoms with Crippen LogP contribution in [0.1, 0.15) is 0 Å². The molecule has 0 bridgehead atoms. The van der Waals surface area contributed by atoms with Gasteiger partial charge in [-0.2, -0.15) is 0 Å². The summed E-state index contributed by atoms with van der Waals surface area (Å²) in [6.07, 6.45) is -3.89. The highest BCUT2D eigenvalue weighted by atomic mass is 16.5. The molecule has 1 fully saturated rings. The lowest BCUT2D eigenvalue weighted by atomic mass is 9.87. The van der Waals surface area contributed by atoms with E-state index >= 15 is 0 Å². The summed E-state index contributed by atoms with van der Waals surface area (Å²) in [5.41, 5.74) is -0.107. The Hall–Kier alpha value is -1.38. The zero-order valence-electron chi connectivity index (χ0n) is 9.84. The van der Waals surface area contributed by atoms with E-state index in [2.05, 4.69) is 0 Å². The molecule has 2 rings (SSSR count). The first-order valence-corrected chi connectivity index (χ1v) is 5.74. The summed E-state index contributed by atoms with van der Waals surface area (Å²) >= 11 is 0. The minimum absolute atomic E-state index is 0.107. The zero-order chi connectivity index (χ0) is 14.2.